The van der Waals surface area contributed by atoms with Crippen LogP contribution in [0.4, 0.5) is 5.69 Å². The van der Waals surface area contributed by atoms with Gasteiger partial charge in [-0.1, -0.05) is 0 Å². The number of nitrogen functional groups attached to an aromatic ring is 1. The Kier molecular flexibility index (Phi) is 3.77. The Morgan fingerprint density at radius 3 is 2.71 bits per heavy atom. The van der Waals surface area contributed by atoms with Gasteiger partial charge in [0.05, 0.1) is 5.69 Å². The maximum Gasteiger partial charge on any atom is 0.266 e. The summed E-state index contributed by atoms with van der Waals surface area (Å²) in [6.07, 6.45) is 5.22. The van der Waals surface area contributed by atoms with Crippen molar-refractivity contribution in [1.29, 1.82) is 0 Å². The average molecular weight is 305 g/mol. The van der Waals surface area contributed by atoms with Crippen LogP contribution in [0, 0.1) is 0 Å². The minimum atomic E-state index is -0.0214. The molecule has 6 nitrogen and oxygen atoms in total. The SMILES string of the molecule is CN1CCC(N(C)C(=O)c2sc3nccnc3c2N)CC1. The Bertz CT molecular complexity index is 662. The van der Waals surface area contributed by atoms with Crippen LogP contribution in [0.15, 0.2) is 12.4 Å². The number of fused-ring (bicyclic) bond motifs is 1. The van der Waals surface area contributed by atoms with Crippen molar-refractivity contribution in [2.75, 3.05) is 32.9 Å². The molecule has 1 amide bonds. The lowest BCUT2D eigenvalue weighted by Crippen LogP contribution is -2.44. The predicted molar refractivity (Wildman–Crippen MR) is 84.4 cm³/mol. The number of carbonyl (C=O) groups excluding carboxylic acids is 1. The Balaban J connectivity index is 1.84. The quantitative estimate of drug-likeness (QED) is 0.908. The molecule has 0 aromatic carbocycles. The van der Waals surface area contributed by atoms with E-state index in [9.17, 15) is 4.79 Å². The zero-order valence-electron chi connectivity index (χ0n) is 12.2. The molecule has 0 aliphatic carbocycles. The van der Waals surface area contributed by atoms with E-state index < -0.39 is 0 Å². The molecule has 0 bridgehead atoms. The summed E-state index contributed by atoms with van der Waals surface area (Å²) in [5.41, 5.74) is 7.16. The summed E-state index contributed by atoms with van der Waals surface area (Å²) in [6, 6.07) is 0.277. The molecule has 2 aromatic rings. The molecule has 3 rings (SSSR count). The van der Waals surface area contributed by atoms with Gasteiger partial charge in [-0.05, 0) is 33.0 Å². The van der Waals surface area contributed by atoms with Gasteiger partial charge < -0.3 is 15.5 Å². The Morgan fingerprint density at radius 2 is 2.05 bits per heavy atom. The van der Waals surface area contributed by atoms with Gasteiger partial charge in [0.2, 0.25) is 0 Å². The van der Waals surface area contributed by atoms with Crippen molar-refractivity contribution in [1.82, 2.24) is 19.8 Å². The number of amides is 1. The topological polar surface area (TPSA) is 75.3 Å². The van der Waals surface area contributed by atoms with E-state index in [2.05, 4.69) is 21.9 Å². The molecule has 1 fully saturated rings. The van der Waals surface area contributed by atoms with E-state index in [1.165, 1.54) is 11.3 Å². The normalized spacial score (nSPS) is 17.2. The van der Waals surface area contributed by atoms with Crippen LogP contribution in [-0.4, -0.2) is 58.9 Å². The van der Waals surface area contributed by atoms with Crippen LogP contribution in [0.25, 0.3) is 10.3 Å². The lowest BCUT2D eigenvalue weighted by Gasteiger charge is -2.34. The molecule has 1 aliphatic rings. The van der Waals surface area contributed by atoms with Crippen LogP contribution >= 0.6 is 11.3 Å². The molecular formula is C14H19N5OS. The van der Waals surface area contributed by atoms with Crippen molar-refractivity contribution in [3.63, 3.8) is 0 Å². The van der Waals surface area contributed by atoms with Crippen LogP contribution < -0.4 is 5.73 Å². The highest BCUT2D eigenvalue weighted by molar-refractivity contribution is 7.21. The number of hydrogen-bond acceptors (Lipinski definition) is 6. The third-order valence-corrected chi connectivity index (χ3v) is 5.20. The summed E-state index contributed by atoms with van der Waals surface area (Å²) in [5, 5.41) is 0. The summed E-state index contributed by atoms with van der Waals surface area (Å²) in [6.45, 7) is 2.04. The van der Waals surface area contributed by atoms with Crippen LogP contribution in [0.2, 0.25) is 0 Å². The number of anilines is 1. The molecule has 21 heavy (non-hydrogen) atoms. The second-order valence-electron chi connectivity index (χ2n) is 5.51. The largest absolute Gasteiger partial charge is 0.396 e. The molecule has 0 atom stereocenters. The monoisotopic (exact) mass is 305 g/mol. The molecule has 0 radical (unpaired) electrons. The molecule has 112 valence electrons. The maximum atomic E-state index is 12.7. The van der Waals surface area contributed by atoms with Crippen molar-refractivity contribution in [3.8, 4) is 0 Å². The van der Waals surface area contributed by atoms with Crippen molar-refractivity contribution < 1.29 is 4.79 Å². The Hall–Kier alpha value is -1.73. The van der Waals surface area contributed by atoms with Gasteiger partial charge in [0, 0.05) is 25.5 Å². The van der Waals surface area contributed by atoms with E-state index >= 15 is 0 Å². The summed E-state index contributed by atoms with van der Waals surface area (Å²) in [5.74, 6) is -0.0214. The van der Waals surface area contributed by atoms with E-state index in [4.69, 9.17) is 5.73 Å². The smallest absolute Gasteiger partial charge is 0.266 e. The van der Waals surface area contributed by atoms with Crippen LogP contribution in [0.1, 0.15) is 22.5 Å². The van der Waals surface area contributed by atoms with Gasteiger partial charge in [0.15, 0.2) is 0 Å². The molecule has 7 heteroatoms. The molecule has 2 aromatic heterocycles. The molecule has 0 saturated carbocycles. The first-order valence-corrected chi connectivity index (χ1v) is 7.84. The highest BCUT2D eigenvalue weighted by atomic mass is 32.1. The van der Waals surface area contributed by atoms with Crippen molar-refractivity contribution in [2.45, 2.75) is 18.9 Å². The lowest BCUT2D eigenvalue weighted by molar-refractivity contribution is 0.0665. The van der Waals surface area contributed by atoms with Gasteiger partial charge >= 0.3 is 0 Å². The number of piperidine rings is 1. The summed E-state index contributed by atoms with van der Waals surface area (Å²) < 4.78 is 0. The van der Waals surface area contributed by atoms with Crippen LogP contribution in [-0.2, 0) is 0 Å². The fourth-order valence-corrected chi connectivity index (χ4v) is 3.72. The van der Waals surface area contributed by atoms with E-state index in [0.29, 0.717) is 16.1 Å². The summed E-state index contributed by atoms with van der Waals surface area (Å²) in [4.78, 5) is 26.5. The van der Waals surface area contributed by atoms with E-state index in [1.54, 1.807) is 12.4 Å². The summed E-state index contributed by atoms with van der Waals surface area (Å²) in [7, 11) is 3.97. The van der Waals surface area contributed by atoms with Crippen molar-refractivity contribution in [2.24, 2.45) is 0 Å². The maximum absolute atomic E-state index is 12.7. The molecule has 2 N–H and O–H groups in total. The van der Waals surface area contributed by atoms with Gasteiger partial charge in [-0.2, -0.15) is 0 Å². The lowest BCUT2D eigenvalue weighted by atomic mass is 10.0. The number of likely N-dealkylation sites (tertiary alicyclic amines) is 1. The Morgan fingerprint density at radius 1 is 1.38 bits per heavy atom. The van der Waals surface area contributed by atoms with Crippen molar-refractivity contribution in [3.05, 3.63) is 17.3 Å². The summed E-state index contributed by atoms with van der Waals surface area (Å²) >= 11 is 1.32. The number of rotatable bonds is 2. The van der Waals surface area contributed by atoms with Crippen LogP contribution in [0.3, 0.4) is 0 Å². The second-order valence-corrected chi connectivity index (χ2v) is 6.50. The fraction of sp³-hybridized carbons (Fsp3) is 0.500. The first kappa shape index (κ1) is 14.2. The first-order chi connectivity index (χ1) is 10.1. The highest BCUT2D eigenvalue weighted by Crippen LogP contribution is 2.32. The van der Waals surface area contributed by atoms with Gasteiger partial charge in [0.1, 0.15) is 15.2 Å². The molecule has 1 aliphatic heterocycles. The zero-order chi connectivity index (χ0) is 15.0. The number of carbonyl (C=O) groups is 1. The number of hydrogen-bond donors (Lipinski definition) is 1. The third kappa shape index (κ3) is 2.58. The Labute approximate surface area is 127 Å². The minimum absolute atomic E-state index is 0.0214. The molecule has 0 unspecified atom stereocenters. The highest BCUT2D eigenvalue weighted by Gasteiger charge is 2.27. The number of aromatic nitrogens is 2. The molecule has 3 heterocycles. The van der Waals surface area contributed by atoms with Gasteiger partial charge in [-0.25, -0.2) is 9.97 Å². The predicted octanol–water partition coefficient (Wildman–Crippen LogP) is 1.44. The molecule has 1 saturated heterocycles. The number of thiophene rings is 1. The molecular weight excluding hydrogens is 286 g/mol. The van der Waals surface area contributed by atoms with Gasteiger partial charge in [0.25, 0.3) is 5.91 Å². The van der Waals surface area contributed by atoms with Crippen LogP contribution in [0.5, 0.6) is 0 Å². The fourth-order valence-electron chi connectivity index (χ4n) is 2.71. The minimum Gasteiger partial charge on any atom is -0.396 e. The standard InChI is InChI=1S/C14H19N5OS/c1-18-7-3-9(4-8-18)19(2)14(20)12-10(15)11-13(21-12)17-6-5-16-11/h5-6,9H,3-4,7-8,15H2,1-2H3. The van der Waals surface area contributed by atoms with E-state index in [0.717, 1.165) is 30.8 Å². The number of nitrogens with zero attached hydrogens (tertiary/aromatic N) is 4. The van der Waals surface area contributed by atoms with E-state index in [1.807, 2.05) is 11.9 Å². The second kappa shape index (κ2) is 5.57. The van der Waals surface area contributed by atoms with E-state index in [-0.39, 0.29) is 11.9 Å². The number of nitrogens with two attached hydrogens (primary N) is 1. The van der Waals surface area contributed by atoms with Gasteiger partial charge in [-0.3, -0.25) is 4.79 Å². The average Bonchev–Trinajstić information content (AvgIpc) is 2.84. The molecule has 0 spiro atoms. The first-order valence-electron chi connectivity index (χ1n) is 7.02. The van der Waals surface area contributed by atoms with Gasteiger partial charge in [-0.15, -0.1) is 11.3 Å². The van der Waals surface area contributed by atoms with Crippen molar-refractivity contribution >= 4 is 33.3 Å². The zero-order valence-corrected chi connectivity index (χ0v) is 13.1. The third-order valence-electron chi connectivity index (χ3n) is 4.11.